The van der Waals surface area contributed by atoms with Gasteiger partial charge in [0.1, 0.15) is 0 Å². The topological polar surface area (TPSA) is 66.5 Å². The van der Waals surface area contributed by atoms with Gasteiger partial charge in [-0.05, 0) is 53.3 Å². The van der Waals surface area contributed by atoms with Gasteiger partial charge in [0.05, 0.1) is 11.5 Å². The third-order valence-corrected chi connectivity index (χ3v) is 5.64. The molecule has 1 aliphatic heterocycles. The summed E-state index contributed by atoms with van der Waals surface area (Å²) in [5, 5.41) is 2.76. The highest BCUT2D eigenvalue weighted by Gasteiger charge is 2.32. The quantitative estimate of drug-likeness (QED) is 0.780. The Kier molecular flexibility index (Phi) is 4.34. The molecular weight excluding hydrogens is 379 g/mol. The van der Waals surface area contributed by atoms with Crippen molar-refractivity contribution in [3.63, 3.8) is 0 Å². The van der Waals surface area contributed by atoms with Crippen LogP contribution >= 0.6 is 22.6 Å². The Balaban J connectivity index is 1.98. The molecule has 0 spiro atoms. The number of carbonyl (C=O) groups is 1. The summed E-state index contributed by atoms with van der Waals surface area (Å²) >= 11 is 2.19. The van der Waals surface area contributed by atoms with Crippen LogP contribution in [0, 0.1) is 3.57 Å². The number of nitrogens with zero attached hydrogens (tertiary/aromatic N) is 1. The average Bonchev–Trinajstić information content (AvgIpc) is 2.71. The molecule has 0 aromatic heterocycles. The number of urea groups is 1. The van der Waals surface area contributed by atoms with E-state index in [9.17, 15) is 13.2 Å². The molecule has 0 aliphatic carbocycles. The Labute approximate surface area is 126 Å². The molecule has 2 rings (SSSR count). The molecular formula is C12H15IN2O3S. The van der Waals surface area contributed by atoms with Gasteiger partial charge in [0.25, 0.3) is 0 Å². The van der Waals surface area contributed by atoms with E-state index < -0.39 is 9.84 Å². The van der Waals surface area contributed by atoms with Crippen molar-refractivity contribution in [1.82, 2.24) is 4.90 Å². The summed E-state index contributed by atoms with van der Waals surface area (Å²) in [7, 11) is -1.34. The van der Waals surface area contributed by atoms with Gasteiger partial charge in [0.2, 0.25) is 0 Å². The van der Waals surface area contributed by atoms with Crippen molar-refractivity contribution in [1.29, 1.82) is 0 Å². The fourth-order valence-electron chi connectivity index (χ4n) is 1.99. The van der Waals surface area contributed by atoms with E-state index >= 15 is 0 Å². The number of halogens is 1. The van der Waals surface area contributed by atoms with E-state index in [4.69, 9.17) is 0 Å². The first kappa shape index (κ1) is 14.6. The summed E-state index contributed by atoms with van der Waals surface area (Å²) in [6.07, 6.45) is 0.513. The standard InChI is InChI=1S/C12H15IN2O3S/c1-15(11-6-7-19(17,18)8-11)12(16)14-10-4-2-9(13)3-5-10/h2-5,11H,6-8H2,1H3,(H,14,16). The molecule has 1 aliphatic rings. The van der Waals surface area contributed by atoms with Crippen LogP contribution in [0.1, 0.15) is 6.42 Å². The van der Waals surface area contributed by atoms with Gasteiger partial charge in [-0.1, -0.05) is 0 Å². The van der Waals surface area contributed by atoms with Crippen molar-refractivity contribution in [3.05, 3.63) is 27.8 Å². The van der Waals surface area contributed by atoms with Crippen LogP contribution in [0.3, 0.4) is 0 Å². The normalized spacial score (nSPS) is 21.1. The molecule has 19 heavy (non-hydrogen) atoms. The molecule has 104 valence electrons. The van der Waals surface area contributed by atoms with Gasteiger partial charge in [0.15, 0.2) is 9.84 Å². The highest BCUT2D eigenvalue weighted by atomic mass is 127. The lowest BCUT2D eigenvalue weighted by Crippen LogP contribution is -2.40. The molecule has 1 fully saturated rings. The largest absolute Gasteiger partial charge is 0.324 e. The number of nitrogens with one attached hydrogen (secondary N) is 1. The van der Waals surface area contributed by atoms with Crippen LogP contribution in [-0.2, 0) is 9.84 Å². The minimum absolute atomic E-state index is 0.0591. The zero-order valence-corrected chi connectivity index (χ0v) is 13.4. The van der Waals surface area contributed by atoms with Gasteiger partial charge in [-0.25, -0.2) is 13.2 Å². The van der Waals surface area contributed by atoms with Crippen molar-refractivity contribution >= 4 is 44.1 Å². The number of hydrogen-bond donors (Lipinski definition) is 1. The van der Waals surface area contributed by atoms with Crippen LogP contribution in [-0.4, -0.2) is 43.9 Å². The van der Waals surface area contributed by atoms with Crippen LogP contribution < -0.4 is 5.32 Å². The molecule has 1 unspecified atom stereocenters. The maximum atomic E-state index is 12.0. The molecule has 5 nitrogen and oxygen atoms in total. The van der Waals surface area contributed by atoms with Crippen molar-refractivity contribution in [3.8, 4) is 0 Å². The van der Waals surface area contributed by atoms with Gasteiger partial charge in [-0.3, -0.25) is 0 Å². The minimum Gasteiger partial charge on any atom is -0.324 e. The molecule has 0 bridgehead atoms. The number of rotatable bonds is 2. The number of hydrogen-bond acceptors (Lipinski definition) is 3. The highest BCUT2D eigenvalue weighted by molar-refractivity contribution is 14.1. The summed E-state index contributed by atoms with van der Waals surface area (Å²) in [5.41, 5.74) is 0.707. The van der Waals surface area contributed by atoms with Crippen LogP contribution in [0.4, 0.5) is 10.5 Å². The van der Waals surface area contributed by atoms with E-state index in [2.05, 4.69) is 27.9 Å². The van der Waals surface area contributed by atoms with E-state index in [1.165, 1.54) is 4.90 Å². The number of sulfone groups is 1. The van der Waals surface area contributed by atoms with Crippen molar-refractivity contribution in [2.45, 2.75) is 12.5 Å². The molecule has 1 aromatic carbocycles. The second-order valence-corrected chi connectivity index (χ2v) is 8.08. The zero-order valence-electron chi connectivity index (χ0n) is 10.5. The minimum atomic E-state index is -2.98. The first-order valence-corrected chi connectivity index (χ1v) is 8.77. The zero-order chi connectivity index (χ0) is 14.0. The highest BCUT2D eigenvalue weighted by Crippen LogP contribution is 2.18. The predicted octanol–water partition coefficient (Wildman–Crippen LogP) is 1.94. The Morgan fingerprint density at radius 2 is 2.00 bits per heavy atom. The van der Waals surface area contributed by atoms with Gasteiger partial charge in [0, 0.05) is 22.3 Å². The maximum Gasteiger partial charge on any atom is 0.321 e. The Morgan fingerprint density at radius 1 is 1.37 bits per heavy atom. The summed E-state index contributed by atoms with van der Waals surface area (Å²) in [6.45, 7) is 0. The molecule has 1 N–H and O–H groups in total. The van der Waals surface area contributed by atoms with E-state index in [-0.39, 0.29) is 23.6 Å². The number of benzene rings is 1. The van der Waals surface area contributed by atoms with E-state index in [1.807, 2.05) is 24.3 Å². The van der Waals surface area contributed by atoms with Gasteiger partial charge in [-0.15, -0.1) is 0 Å². The third kappa shape index (κ3) is 3.82. The SMILES string of the molecule is CN(C(=O)Nc1ccc(I)cc1)C1CCS(=O)(=O)C1. The van der Waals surface area contributed by atoms with Gasteiger partial charge in [-0.2, -0.15) is 0 Å². The third-order valence-electron chi connectivity index (χ3n) is 3.17. The summed E-state index contributed by atoms with van der Waals surface area (Å²) in [4.78, 5) is 13.5. The maximum absolute atomic E-state index is 12.0. The number of amides is 2. The van der Waals surface area contributed by atoms with Crippen LogP contribution in [0.5, 0.6) is 0 Å². The monoisotopic (exact) mass is 394 g/mol. The summed E-state index contributed by atoms with van der Waals surface area (Å²) < 4.78 is 23.9. The molecule has 1 heterocycles. The fraction of sp³-hybridized carbons (Fsp3) is 0.417. The van der Waals surface area contributed by atoms with E-state index in [0.717, 1.165) is 3.57 Å². The fourth-order valence-corrected chi connectivity index (χ4v) is 4.13. The number of anilines is 1. The first-order valence-electron chi connectivity index (χ1n) is 5.87. The summed E-state index contributed by atoms with van der Waals surface area (Å²) in [5.74, 6) is 0.225. The van der Waals surface area contributed by atoms with Crippen molar-refractivity contribution in [2.24, 2.45) is 0 Å². The molecule has 1 atom stereocenters. The lowest BCUT2D eigenvalue weighted by atomic mass is 10.2. The molecule has 0 radical (unpaired) electrons. The second kappa shape index (κ2) is 5.66. The van der Waals surface area contributed by atoms with Crippen LogP contribution in [0.15, 0.2) is 24.3 Å². The van der Waals surface area contributed by atoms with E-state index in [0.29, 0.717) is 12.1 Å². The molecule has 7 heteroatoms. The smallest absolute Gasteiger partial charge is 0.321 e. The van der Waals surface area contributed by atoms with Gasteiger partial charge < -0.3 is 10.2 Å². The molecule has 1 saturated heterocycles. The van der Waals surface area contributed by atoms with Crippen LogP contribution in [0.25, 0.3) is 0 Å². The van der Waals surface area contributed by atoms with Gasteiger partial charge >= 0.3 is 6.03 Å². The van der Waals surface area contributed by atoms with Crippen LogP contribution in [0.2, 0.25) is 0 Å². The lowest BCUT2D eigenvalue weighted by molar-refractivity contribution is 0.209. The average molecular weight is 394 g/mol. The number of carbonyl (C=O) groups excluding carboxylic acids is 1. The molecule has 0 saturated carbocycles. The first-order chi connectivity index (χ1) is 8.87. The molecule has 2 amide bonds. The second-order valence-electron chi connectivity index (χ2n) is 4.60. The Morgan fingerprint density at radius 3 is 2.53 bits per heavy atom. The lowest BCUT2D eigenvalue weighted by Gasteiger charge is -2.23. The van der Waals surface area contributed by atoms with Crippen molar-refractivity contribution < 1.29 is 13.2 Å². The Bertz CT molecular complexity index is 571. The van der Waals surface area contributed by atoms with Crippen molar-refractivity contribution in [2.75, 3.05) is 23.9 Å². The Hall–Kier alpha value is -0.830. The predicted molar refractivity (Wildman–Crippen MR) is 83.0 cm³/mol. The summed E-state index contributed by atoms with van der Waals surface area (Å²) in [6, 6.07) is 6.93. The van der Waals surface area contributed by atoms with E-state index in [1.54, 1.807) is 7.05 Å². The molecule has 1 aromatic rings.